The number of nitrogens with one attached hydrogen (secondary N) is 2. The molecule has 20 heteroatoms. The minimum Gasteiger partial charge on any atom is -0.493 e. The van der Waals surface area contributed by atoms with Gasteiger partial charge in [-0.25, -0.2) is 9.83 Å². The van der Waals surface area contributed by atoms with E-state index in [9.17, 15) is 42.3 Å². The molecule has 2 aliphatic heterocycles. The number of amides is 5. The highest BCUT2D eigenvalue weighted by molar-refractivity contribution is 8.18. The van der Waals surface area contributed by atoms with Gasteiger partial charge in [-0.15, -0.1) is 11.3 Å². The minimum atomic E-state index is -4.80. The molecular formula is C46H47F3N6O9S2. The van der Waals surface area contributed by atoms with Gasteiger partial charge in [0.1, 0.15) is 17.8 Å². The van der Waals surface area contributed by atoms with E-state index in [2.05, 4.69) is 20.5 Å². The lowest BCUT2D eigenvalue weighted by molar-refractivity contribution is -0.144. The van der Waals surface area contributed by atoms with Gasteiger partial charge in [0, 0.05) is 25.9 Å². The monoisotopic (exact) mass is 948 g/mol. The Balaban J connectivity index is 0.982. The number of imide groups is 1. The fourth-order valence-corrected chi connectivity index (χ4v) is 8.83. The maximum absolute atomic E-state index is 14.0. The Bertz CT molecular complexity index is 2550. The Labute approximate surface area is 387 Å². The van der Waals surface area contributed by atoms with Crippen LogP contribution in [-0.4, -0.2) is 100 Å². The molecule has 3 N–H and O–H groups in total. The fraction of sp³-hybridized carbons (Fsp3) is 0.370. The number of benzene rings is 3. The van der Waals surface area contributed by atoms with Crippen LogP contribution in [0.5, 0.6) is 17.2 Å². The number of β-amino-alcohol motifs (C(OH)–C–C–N with tert-alkyl or cyclic N) is 1. The molecular weight excluding hydrogens is 902 g/mol. The van der Waals surface area contributed by atoms with Gasteiger partial charge in [0.2, 0.25) is 17.7 Å². The van der Waals surface area contributed by atoms with E-state index in [-0.39, 0.29) is 67.8 Å². The van der Waals surface area contributed by atoms with Crippen LogP contribution in [0, 0.1) is 18.9 Å². The van der Waals surface area contributed by atoms with E-state index in [0.29, 0.717) is 23.4 Å². The van der Waals surface area contributed by atoms with Gasteiger partial charge >= 0.3 is 6.18 Å². The van der Waals surface area contributed by atoms with E-state index in [4.69, 9.17) is 20.8 Å². The first-order chi connectivity index (χ1) is 31.3. The molecule has 0 spiro atoms. The number of likely N-dealkylation sites (tertiary alicyclic amines) is 1. The largest absolute Gasteiger partial charge is 0.493 e. The Morgan fingerprint density at radius 3 is 2.41 bits per heavy atom. The topological polar surface area (TPSA) is 181 Å². The van der Waals surface area contributed by atoms with Gasteiger partial charge in [-0.3, -0.25) is 28.9 Å². The Morgan fingerprint density at radius 1 is 1.03 bits per heavy atom. The van der Waals surface area contributed by atoms with Crippen LogP contribution in [0.1, 0.15) is 56.0 Å². The summed E-state index contributed by atoms with van der Waals surface area (Å²) in [4.78, 5) is 77.3. The number of hydrogen-bond donors (Lipinski definition) is 3. The van der Waals surface area contributed by atoms with Gasteiger partial charge in [0.25, 0.3) is 11.1 Å². The normalized spacial score (nSPS) is 17.5. The predicted molar refractivity (Wildman–Crippen MR) is 241 cm³/mol. The third kappa shape index (κ3) is 11.9. The number of aromatic nitrogens is 1. The summed E-state index contributed by atoms with van der Waals surface area (Å²) < 4.78 is 57.6. The van der Waals surface area contributed by atoms with Crippen LogP contribution in [0.15, 0.2) is 71.1 Å². The molecule has 2 saturated heterocycles. The Hall–Kier alpha value is -6.27. The number of aliphatic hydroxyl groups is 1. The van der Waals surface area contributed by atoms with E-state index in [1.165, 1.54) is 42.4 Å². The standard InChI is InChI=1S/C46H47F3N6O9S2/c1-26-39(65-25-52-26)29-10-7-27(8-11-29)23-51-41(58)33-22-31(56)24-55(33)43(60)40(45(2,3)4)53-38(57)15-17-63-18-16-54-42(59)37(66-44(54)61)20-28-9-13-35(36(19-28)62-6)64-34-14-12-30(50-5)21-32(34)46(47,48)49/h7-14,19-21,25,31,33,40,56H,15-18,22-24H2,1-4,6H3,(H,51,58)(H,53,57)/b37-20-/t31?,33-,40+/m0/s1. The van der Waals surface area contributed by atoms with Crippen LogP contribution in [0.2, 0.25) is 0 Å². The summed E-state index contributed by atoms with van der Waals surface area (Å²) in [6.07, 6.45) is -4.44. The van der Waals surface area contributed by atoms with Crippen molar-refractivity contribution in [2.75, 3.05) is 33.4 Å². The number of carbonyl (C=O) groups excluding carboxylic acids is 5. The molecule has 3 atom stereocenters. The molecule has 4 aromatic rings. The second-order valence-electron chi connectivity index (χ2n) is 16.4. The summed E-state index contributed by atoms with van der Waals surface area (Å²) >= 11 is 2.22. The molecule has 1 aromatic heterocycles. The van der Waals surface area contributed by atoms with Gasteiger partial charge in [0.05, 0.1) is 66.1 Å². The van der Waals surface area contributed by atoms with Crippen LogP contribution in [-0.2, 0) is 36.6 Å². The molecule has 348 valence electrons. The van der Waals surface area contributed by atoms with Crippen LogP contribution in [0.4, 0.5) is 23.7 Å². The number of ether oxygens (including phenoxy) is 3. The molecule has 15 nitrogen and oxygen atoms in total. The molecule has 0 radical (unpaired) electrons. The molecule has 2 aliphatic rings. The van der Waals surface area contributed by atoms with Gasteiger partial charge in [-0.2, -0.15) is 13.2 Å². The van der Waals surface area contributed by atoms with Gasteiger partial charge in [0.15, 0.2) is 17.2 Å². The summed E-state index contributed by atoms with van der Waals surface area (Å²) in [5.41, 5.74) is 2.83. The molecule has 0 saturated carbocycles. The van der Waals surface area contributed by atoms with Crippen molar-refractivity contribution in [1.29, 1.82) is 0 Å². The lowest BCUT2D eigenvalue weighted by atomic mass is 9.85. The number of aliphatic hydroxyl groups excluding tert-OH is 1. The first-order valence-corrected chi connectivity index (χ1v) is 22.3. The van der Waals surface area contributed by atoms with E-state index >= 15 is 0 Å². The minimum absolute atomic E-state index is 0.0369. The highest BCUT2D eigenvalue weighted by Gasteiger charge is 2.44. The van der Waals surface area contributed by atoms with E-state index in [1.807, 2.05) is 31.2 Å². The van der Waals surface area contributed by atoms with Crippen LogP contribution < -0.4 is 20.1 Å². The molecule has 1 unspecified atom stereocenters. The van der Waals surface area contributed by atoms with E-state index in [0.717, 1.165) is 32.7 Å². The van der Waals surface area contributed by atoms with E-state index in [1.54, 1.807) is 37.6 Å². The second kappa shape index (κ2) is 20.9. The number of thioether (sulfide) groups is 1. The maximum Gasteiger partial charge on any atom is 0.418 e. The molecule has 3 heterocycles. The molecule has 0 aliphatic carbocycles. The average molecular weight is 949 g/mol. The van der Waals surface area contributed by atoms with Crippen molar-refractivity contribution in [2.45, 2.75) is 71.4 Å². The quantitative estimate of drug-likeness (QED) is 0.0568. The van der Waals surface area contributed by atoms with Crippen molar-refractivity contribution in [3.63, 3.8) is 0 Å². The zero-order chi connectivity index (χ0) is 47.9. The molecule has 6 rings (SSSR count). The van der Waals surface area contributed by atoms with Crippen molar-refractivity contribution < 1.29 is 56.5 Å². The number of nitrogens with zero attached hydrogens (tertiary/aromatic N) is 4. The predicted octanol–water partition coefficient (Wildman–Crippen LogP) is 7.74. The van der Waals surface area contributed by atoms with Crippen LogP contribution in [0.25, 0.3) is 21.4 Å². The Morgan fingerprint density at radius 2 is 1.76 bits per heavy atom. The summed E-state index contributed by atoms with van der Waals surface area (Å²) in [6, 6.07) is 12.9. The molecule has 5 amide bonds. The lowest BCUT2D eigenvalue weighted by Gasteiger charge is -2.35. The number of hydrogen-bond acceptors (Lipinski definition) is 12. The molecule has 0 bridgehead atoms. The number of carbonyl (C=O) groups is 5. The number of thiazole rings is 1. The zero-order valence-corrected chi connectivity index (χ0v) is 38.2. The molecule has 3 aromatic carbocycles. The number of methoxy groups -OCH3 is 1. The highest BCUT2D eigenvalue weighted by Crippen LogP contribution is 2.43. The molecule has 2 fully saturated rings. The Kier molecular flexibility index (Phi) is 15.6. The van der Waals surface area contributed by atoms with Crippen molar-refractivity contribution in [2.24, 2.45) is 5.41 Å². The van der Waals surface area contributed by atoms with Gasteiger partial charge < -0.3 is 34.9 Å². The lowest BCUT2D eigenvalue weighted by Crippen LogP contribution is -2.57. The van der Waals surface area contributed by atoms with Crippen molar-refractivity contribution in [1.82, 2.24) is 25.4 Å². The summed E-state index contributed by atoms with van der Waals surface area (Å²) in [5.74, 6) is -2.63. The maximum atomic E-state index is 14.0. The number of aryl methyl sites for hydroxylation is 1. The summed E-state index contributed by atoms with van der Waals surface area (Å²) in [7, 11) is 1.28. The first kappa shape index (κ1) is 49.2. The third-order valence-electron chi connectivity index (χ3n) is 10.6. The number of alkyl halides is 3. The van der Waals surface area contributed by atoms with Crippen molar-refractivity contribution >= 4 is 63.7 Å². The molecule has 66 heavy (non-hydrogen) atoms. The number of rotatable bonds is 16. The second-order valence-corrected chi connectivity index (χ2v) is 18.3. The SMILES string of the molecule is [C-]#[N+]c1ccc(Oc2ccc(/C=C3\SC(=O)N(CCOCCC(=O)N[C@H](C(=O)N4CC(O)C[C@H]4C(=O)NCc4ccc(-c5scnc5C)cc4)C(C)(C)C)C3=O)cc2OC)c(C(F)(F)F)c1. The van der Waals surface area contributed by atoms with Gasteiger partial charge in [-0.1, -0.05) is 57.2 Å². The van der Waals surface area contributed by atoms with E-state index < -0.39 is 70.0 Å². The summed E-state index contributed by atoms with van der Waals surface area (Å²) in [5, 5.41) is 15.6. The van der Waals surface area contributed by atoms with Crippen LogP contribution >= 0.6 is 23.1 Å². The van der Waals surface area contributed by atoms with Crippen molar-refractivity contribution in [3.8, 4) is 27.7 Å². The first-order valence-electron chi connectivity index (χ1n) is 20.6. The fourth-order valence-electron chi connectivity index (χ4n) is 7.16. The summed E-state index contributed by atoms with van der Waals surface area (Å²) in [6.45, 7) is 14.1. The van der Waals surface area contributed by atoms with Crippen molar-refractivity contribution in [3.05, 3.63) is 105 Å². The zero-order valence-electron chi connectivity index (χ0n) is 36.6. The third-order valence-corrected chi connectivity index (χ3v) is 12.5. The van der Waals surface area contributed by atoms with Crippen LogP contribution in [0.3, 0.4) is 0 Å². The van der Waals surface area contributed by atoms with Gasteiger partial charge in [-0.05, 0) is 71.1 Å². The highest BCUT2D eigenvalue weighted by atomic mass is 32.2. The number of halogens is 3. The average Bonchev–Trinajstić information content (AvgIpc) is 3.96. The smallest absolute Gasteiger partial charge is 0.418 e.